The summed E-state index contributed by atoms with van der Waals surface area (Å²) < 4.78 is 0. The van der Waals surface area contributed by atoms with Gasteiger partial charge in [0.05, 0.1) is 6.42 Å². The molecular formula is C16H18O3. The number of aliphatic carboxylic acids is 1. The highest BCUT2D eigenvalue weighted by molar-refractivity contribution is 6.00. The van der Waals surface area contributed by atoms with Gasteiger partial charge < -0.3 is 5.11 Å². The summed E-state index contributed by atoms with van der Waals surface area (Å²) in [6, 6.07) is 13.2. The van der Waals surface area contributed by atoms with E-state index in [0.29, 0.717) is 5.56 Å². The fourth-order valence-electron chi connectivity index (χ4n) is 1.73. The number of carboxylic acids is 1. The number of hydrogen-bond donors (Lipinski definition) is 1. The van der Waals surface area contributed by atoms with Crippen molar-refractivity contribution in [1.29, 1.82) is 0 Å². The molecule has 0 bridgehead atoms. The number of benzene rings is 2. The summed E-state index contributed by atoms with van der Waals surface area (Å²) in [5.41, 5.74) is 0.574. The largest absolute Gasteiger partial charge is 0.481 e. The number of hydrogen-bond acceptors (Lipinski definition) is 2. The van der Waals surface area contributed by atoms with Crippen LogP contribution >= 0.6 is 0 Å². The molecule has 0 atom stereocenters. The molecule has 0 amide bonds. The second-order valence-electron chi connectivity index (χ2n) is 3.88. The number of carboxylic acid groups (broad SMARTS) is 1. The lowest BCUT2D eigenvalue weighted by Gasteiger charge is -2.02. The molecule has 0 aromatic heterocycles. The summed E-state index contributed by atoms with van der Waals surface area (Å²) >= 11 is 0. The van der Waals surface area contributed by atoms with Crippen molar-refractivity contribution in [2.24, 2.45) is 0 Å². The van der Waals surface area contributed by atoms with Gasteiger partial charge in [-0.1, -0.05) is 50.2 Å². The Hall–Kier alpha value is -2.16. The fraction of sp³-hybridized carbons (Fsp3) is 0.250. The van der Waals surface area contributed by atoms with Crippen molar-refractivity contribution in [3.05, 3.63) is 48.0 Å². The Balaban J connectivity index is 0.000000861. The van der Waals surface area contributed by atoms with Crippen LogP contribution in [0.1, 0.15) is 37.0 Å². The molecule has 1 N–H and O–H groups in total. The van der Waals surface area contributed by atoms with Gasteiger partial charge in [-0.25, -0.2) is 0 Å². The topological polar surface area (TPSA) is 54.4 Å². The normalized spacial score (nSPS) is 9.58. The van der Waals surface area contributed by atoms with Gasteiger partial charge in [0.25, 0.3) is 0 Å². The first-order valence-corrected chi connectivity index (χ1v) is 6.40. The third kappa shape index (κ3) is 4.21. The van der Waals surface area contributed by atoms with E-state index in [4.69, 9.17) is 5.11 Å². The highest BCUT2D eigenvalue weighted by Crippen LogP contribution is 2.17. The summed E-state index contributed by atoms with van der Waals surface area (Å²) in [6.45, 7) is 4.00. The van der Waals surface area contributed by atoms with Crippen LogP contribution < -0.4 is 0 Å². The maximum atomic E-state index is 11.7. The lowest BCUT2D eigenvalue weighted by Crippen LogP contribution is -2.03. The van der Waals surface area contributed by atoms with Crippen LogP contribution in [0.3, 0.4) is 0 Å². The van der Waals surface area contributed by atoms with E-state index < -0.39 is 5.97 Å². The van der Waals surface area contributed by atoms with Crippen LogP contribution in [0.5, 0.6) is 0 Å². The van der Waals surface area contributed by atoms with Crippen molar-refractivity contribution in [2.45, 2.75) is 26.7 Å². The third-order valence-corrected chi connectivity index (χ3v) is 2.64. The van der Waals surface area contributed by atoms with Crippen LogP contribution in [0.25, 0.3) is 10.8 Å². The van der Waals surface area contributed by atoms with Crippen molar-refractivity contribution < 1.29 is 14.7 Å². The van der Waals surface area contributed by atoms with Crippen molar-refractivity contribution >= 4 is 22.5 Å². The average molecular weight is 258 g/mol. The predicted octanol–water partition coefficient (Wildman–Crippen LogP) is 3.91. The average Bonchev–Trinajstić information content (AvgIpc) is 2.46. The Morgan fingerprint density at radius 3 is 2.21 bits per heavy atom. The van der Waals surface area contributed by atoms with E-state index >= 15 is 0 Å². The molecule has 2 aromatic rings. The summed E-state index contributed by atoms with van der Waals surface area (Å²) in [6.07, 6.45) is -0.0701. The van der Waals surface area contributed by atoms with E-state index in [2.05, 4.69) is 0 Å². The standard InChI is InChI=1S/C14H12O3.C2H6/c15-13(7-8-14(16)17)12-6-5-10-3-1-2-4-11(10)9-12;1-2/h1-6,9H,7-8H2,(H,16,17);1-2H3. The number of ketones is 1. The van der Waals surface area contributed by atoms with E-state index in [-0.39, 0.29) is 18.6 Å². The summed E-state index contributed by atoms with van der Waals surface area (Å²) in [5.74, 6) is -1.07. The van der Waals surface area contributed by atoms with Gasteiger partial charge in [0.1, 0.15) is 0 Å². The van der Waals surface area contributed by atoms with E-state index in [1.165, 1.54) is 0 Å². The van der Waals surface area contributed by atoms with Gasteiger partial charge in [0.15, 0.2) is 5.78 Å². The van der Waals surface area contributed by atoms with Crippen LogP contribution in [0.15, 0.2) is 42.5 Å². The van der Waals surface area contributed by atoms with Gasteiger partial charge in [0, 0.05) is 12.0 Å². The van der Waals surface area contributed by atoms with Gasteiger partial charge in [-0.15, -0.1) is 0 Å². The Morgan fingerprint density at radius 1 is 0.947 bits per heavy atom. The summed E-state index contributed by atoms with van der Waals surface area (Å²) in [4.78, 5) is 22.1. The van der Waals surface area contributed by atoms with Crippen LogP contribution in [0, 0.1) is 0 Å². The molecule has 100 valence electrons. The highest BCUT2D eigenvalue weighted by Gasteiger charge is 2.08. The van der Waals surface area contributed by atoms with Crippen molar-refractivity contribution in [3.63, 3.8) is 0 Å². The molecule has 0 spiro atoms. The summed E-state index contributed by atoms with van der Waals surface area (Å²) in [5, 5.41) is 10.6. The van der Waals surface area contributed by atoms with E-state index in [1.807, 2.05) is 44.2 Å². The second-order valence-corrected chi connectivity index (χ2v) is 3.88. The van der Waals surface area contributed by atoms with Gasteiger partial charge in [0.2, 0.25) is 0 Å². The molecule has 2 rings (SSSR count). The van der Waals surface area contributed by atoms with Gasteiger partial charge in [-0.2, -0.15) is 0 Å². The lowest BCUT2D eigenvalue weighted by atomic mass is 10.0. The van der Waals surface area contributed by atoms with Gasteiger partial charge in [-0.3, -0.25) is 9.59 Å². The minimum Gasteiger partial charge on any atom is -0.481 e. The van der Waals surface area contributed by atoms with E-state index in [1.54, 1.807) is 12.1 Å². The third-order valence-electron chi connectivity index (χ3n) is 2.64. The van der Waals surface area contributed by atoms with Crippen LogP contribution in [-0.2, 0) is 4.79 Å². The molecule has 0 saturated heterocycles. The molecule has 3 nitrogen and oxygen atoms in total. The van der Waals surface area contributed by atoms with Crippen molar-refractivity contribution in [2.75, 3.05) is 0 Å². The van der Waals surface area contributed by atoms with Gasteiger partial charge in [-0.05, 0) is 16.8 Å². The smallest absolute Gasteiger partial charge is 0.303 e. The molecule has 2 aromatic carbocycles. The zero-order valence-electron chi connectivity index (χ0n) is 11.2. The number of rotatable bonds is 4. The van der Waals surface area contributed by atoms with Crippen LogP contribution in [0.2, 0.25) is 0 Å². The number of carbonyl (C=O) groups is 2. The van der Waals surface area contributed by atoms with E-state index in [0.717, 1.165) is 10.8 Å². The Labute approximate surface area is 112 Å². The molecule has 19 heavy (non-hydrogen) atoms. The Bertz CT molecular complexity index is 573. The number of fused-ring (bicyclic) bond motifs is 1. The lowest BCUT2D eigenvalue weighted by molar-refractivity contribution is -0.136. The SMILES string of the molecule is CC.O=C(O)CCC(=O)c1ccc2ccccc2c1. The van der Waals surface area contributed by atoms with Crippen molar-refractivity contribution in [3.8, 4) is 0 Å². The first kappa shape index (κ1) is 14.9. The second kappa shape index (κ2) is 7.31. The molecule has 0 aliphatic heterocycles. The minimum absolute atomic E-state index is 0.0493. The zero-order chi connectivity index (χ0) is 14.3. The van der Waals surface area contributed by atoms with Crippen LogP contribution in [0.4, 0.5) is 0 Å². The molecular weight excluding hydrogens is 240 g/mol. The molecule has 0 saturated carbocycles. The van der Waals surface area contributed by atoms with Crippen molar-refractivity contribution in [1.82, 2.24) is 0 Å². The first-order valence-electron chi connectivity index (χ1n) is 6.40. The summed E-state index contributed by atoms with van der Waals surface area (Å²) in [7, 11) is 0. The molecule has 0 aliphatic carbocycles. The molecule has 0 radical (unpaired) electrons. The number of carbonyl (C=O) groups excluding carboxylic acids is 1. The predicted molar refractivity (Wildman–Crippen MR) is 76.5 cm³/mol. The highest BCUT2D eigenvalue weighted by atomic mass is 16.4. The monoisotopic (exact) mass is 258 g/mol. The minimum atomic E-state index is -0.945. The molecule has 3 heteroatoms. The van der Waals surface area contributed by atoms with E-state index in [9.17, 15) is 9.59 Å². The quantitative estimate of drug-likeness (QED) is 0.846. The fourth-order valence-corrected chi connectivity index (χ4v) is 1.73. The Kier molecular flexibility index (Phi) is 5.73. The molecule has 0 aliphatic rings. The first-order chi connectivity index (χ1) is 9.16. The molecule has 0 unspecified atom stereocenters. The van der Waals surface area contributed by atoms with Crippen LogP contribution in [-0.4, -0.2) is 16.9 Å². The molecule has 0 fully saturated rings. The maximum absolute atomic E-state index is 11.7. The van der Waals surface area contributed by atoms with Gasteiger partial charge >= 0.3 is 5.97 Å². The molecule has 0 heterocycles. The maximum Gasteiger partial charge on any atom is 0.303 e. The Morgan fingerprint density at radius 2 is 1.58 bits per heavy atom. The zero-order valence-corrected chi connectivity index (χ0v) is 11.2. The number of Topliss-reactive ketones (excluding diaryl/α,β-unsaturated/α-hetero) is 1.